The van der Waals surface area contributed by atoms with Crippen LogP contribution in [0, 0.1) is 0 Å². The van der Waals surface area contributed by atoms with E-state index in [1.165, 1.54) is 0 Å². The number of furan rings is 1. The summed E-state index contributed by atoms with van der Waals surface area (Å²) in [6.45, 7) is 6.52. The molecule has 0 aliphatic carbocycles. The van der Waals surface area contributed by atoms with Crippen molar-refractivity contribution < 1.29 is 9.21 Å². The van der Waals surface area contributed by atoms with Gasteiger partial charge in [-0.15, -0.1) is 0 Å². The molecule has 0 fully saturated rings. The van der Waals surface area contributed by atoms with E-state index in [0.29, 0.717) is 12.1 Å². The molecular weight excluding hydrogens is 254 g/mol. The van der Waals surface area contributed by atoms with Crippen LogP contribution in [0.2, 0.25) is 0 Å². The van der Waals surface area contributed by atoms with Gasteiger partial charge < -0.3 is 9.73 Å². The maximum atomic E-state index is 12.5. The van der Waals surface area contributed by atoms with Crippen molar-refractivity contribution in [3.63, 3.8) is 0 Å². The molecule has 0 aliphatic rings. The van der Waals surface area contributed by atoms with E-state index in [-0.39, 0.29) is 11.8 Å². The molecule has 1 N–H and O–H groups in total. The van der Waals surface area contributed by atoms with Crippen LogP contribution in [0.1, 0.15) is 54.2 Å². The molecule has 20 heavy (non-hydrogen) atoms. The highest BCUT2D eigenvalue weighted by Crippen LogP contribution is 2.22. The molecule has 0 saturated carbocycles. The van der Waals surface area contributed by atoms with E-state index in [1.807, 2.05) is 40.0 Å². The molecule has 5 nitrogen and oxygen atoms in total. The van der Waals surface area contributed by atoms with Gasteiger partial charge in [0.15, 0.2) is 0 Å². The summed E-state index contributed by atoms with van der Waals surface area (Å²) in [4.78, 5) is 12.5. The molecule has 0 aromatic carbocycles. The lowest BCUT2D eigenvalue weighted by atomic mass is 10.0. The molecule has 108 valence electrons. The average molecular weight is 275 g/mol. The fourth-order valence-electron chi connectivity index (χ4n) is 2.31. The van der Waals surface area contributed by atoms with E-state index in [9.17, 15) is 4.79 Å². The highest BCUT2D eigenvalue weighted by atomic mass is 16.3. The van der Waals surface area contributed by atoms with Crippen LogP contribution in [0.25, 0.3) is 0 Å². The van der Waals surface area contributed by atoms with Crippen LogP contribution in [-0.2, 0) is 20.0 Å². The van der Waals surface area contributed by atoms with Gasteiger partial charge in [0.05, 0.1) is 29.8 Å². The second-order valence-corrected chi connectivity index (χ2v) is 5.10. The van der Waals surface area contributed by atoms with Crippen LogP contribution in [0.4, 0.5) is 0 Å². The first-order valence-electron chi connectivity index (χ1n) is 6.90. The monoisotopic (exact) mass is 275 g/mol. The summed E-state index contributed by atoms with van der Waals surface area (Å²) in [7, 11) is 1.88. The molecule has 2 aromatic rings. The van der Waals surface area contributed by atoms with Gasteiger partial charge in [-0.1, -0.05) is 20.8 Å². The van der Waals surface area contributed by atoms with Gasteiger partial charge in [-0.2, -0.15) is 5.10 Å². The molecule has 0 aliphatic heterocycles. The van der Waals surface area contributed by atoms with Gasteiger partial charge in [0.25, 0.3) is 5.91 Å². The third kappa shape index (κ3) is 2.76. The van der Waals surface area contributed by atoms with Gasteiger partial charge in [-0.05, 0) is 24.5 Å². The van der Waals surface area contributed by atoms with Crippen molar-refractivity contribution in [3.05, 3.63) is 41.1 Å². The minimum atomic E-state index is -0.0879. The molecule has 0 unspecified atom stereocenters. The fourth-order valence-corrected chi connectivity index (χ4v) is 2.31. The first-order valence-corrected chi connectivity index (χ1v) is 6.90. The average Bonchev–Trinajstić information content (AvgIpc) is 3.02. The predicted molar refractivity (Wildman–Crippen MR) is 76.6 cm³/mol. The fraction of sp³-hybridized carbons (Fsp3) is 0.467. The number of nitrogens with zero attached hydrogens (tertiary/aromatic N) is 2. The maximum absolute atomic E-state index is 12.5. The number of nitrogens with one attached hydrogen (secondary N) is 1. The summed E-state index contributed by atoms with van der Waals surface area (Å²) in [5, 5.41) is 7.38. The number of carbonyl (C=O) groups is 1. The third-order valence-electron chi connectivity index (χ3n) is 3.31. The summed E-state index contributed by atoms with van der Waals surface area (Å²) in [6.07, 6.45) is 2.38. The van der Waals surface area contributed by atoms with Crippen LogP contribution < -0.4 is 5.32 Å². The van der Waals surface area contributed by atoms with Gasteiger partial charge in [0.2, 0.25) is 0 Å². The largest absolute Gasteiger partial charge is 0.467 e. The van der Waals surface area contributed by atoms with Crippen molar-refractivity contribution in [1.29, 1.82) is 0 Å². The zero-order chi connectivity index (χ0) is 14.7. The topological polar surface area (TPSA) is 60.1 Å². The molecule has 2 heterocycles. The van der Waals surface area contributed by atoms with Crippen molar-refractivity contribution in [1.82, 2.24) is 15.1 Å². The Bertz CT molecular complexity index is 583. The summed E-state index contributed by atoms with van der Waals surface area (Å²) in [5.41, 5.74) is 2.52. The van der Waals surface area contributed by atoms with Crippen molar-refractivity contribution in [3.8, 4) is 0 Å². The Morgan fingerprint density at radius 2 is 2.25 bits per heavy atom. The lowest BCUT2D eigenvalue weighted by molar-refractivity contribution is 0.0945. The normalized spacial score (nSPS) is 11.1. The lowest BCUT2D eigenvalue weighted by Crippen LogP contribution is -2.24. The maximum Gasteiger partial charge on any atom is 0.255 e. The van der Waals surface area contributed by atoms with Crippen molar-refractivity contribution >= 4 is 5.91 Å². The van der Waals surface area contributed by atoms with Gasteiger partial charge in [-0.25, -0.2) is 0 Å². The Balaban J connectivity index is 2.23. The summed E-state index contributed by atoms with van der Waals surface area (Å²) >= 11 is 0. The third-order valence-corrected chi connectivity index (χ3v) is 3.31. The summed E-state index contributed by atoms with van der Waals surface area (Å²) < 4.78 is 7.03. The molecule has 0 atom stereocenters. The molecule has 5 heteroatoms. The Morgan fingerprint density at radius 3 is 2.80 bits per heavy atom. The summed E-state index contributed by atoms with van der Waals surface area (Å²) in [6, 6.07) is 3.65. The number of aryl methyl sites for hydroxylation is 1. The quantitative estimate of drug-likeness (QED) is 0.912. The Hall–Kier alpha value is -2.04. The number of hydrogen-bond donors (Lipinski definition) is 1. The smallest absolute Gasteiger partial charge is 0.255 e. The minimum absolute atomic E-state index is 0.0879. The molecule has 0 saturated heterocycles. The van der Waals surface area contributed by atoms with Gasteiger partial charge in [-0.3, -0.25) is 9.48 Å². The van der Waals surface area contributed by atoms with E-state index in [0.717, 1.165) is 23.6 Å². The van der Waals surface area contributed by atoms with Crippen LogP contribution in [0.5, 0.6) is 0 Å². The summed E-state index contributed by atoms with van der Waals surface area (Å²) in [5.74, 6) is 0.868. The predicted octanol–water partition coefficient (Wildman–Crippen LogP) is 2.63. The number of hydrogen-bond acceptors (Lipinski definition) is 3. The standard InChI is InChI=1S/C15H21N3O2/c1-5-12-13(14(10(2)3)17-18(12)4)15(19)16-9-11-7-6-8-20-11/h6-8,10H,5,9H2,1-4H3,(H,16,19). The van der Waals surface area contributed by atoms with Crippen LogP contribution in [0.15, 0.2) is 22.8 Å². The number of carbonyl (C=O) groups excluding carboxylic acids is 1. The van der Waals surface area contributed by atoms with Gasteiger partial charge in [0.1, 0.15) is 5.76 Å². The number of rotatable bonds is 5. The number of aromatic nitrogens is 2. The van der Waals surface area contributed by atoms with Crippen LogP contribution in [0.3, 0.4) is 0 Å². The SMILES string of the molecule is CCc1c(C(=O)NCc2ccco2)c(C(C)C)nn1C. The molecule has 0 bridgehead atoms. The van der Waals surface area contributed by atoms with E-state index in [4.69, 9.17) is 4.42 Å². The zero-order valence-corrected chi connectivity index (χ0v) is 12.4. The lowest BCUT2D eigenvalue weighted by Gasteiger charge is -2.08. The van der Waals surface area contributed by atoms with Gasteiger partial charge in [0, 0.05) is 7.05 Å². The van der Waals surface area contributed by atoms with Crippen LogP contribution >= 0.6 is 0 Å². The van der Waals surface area contributed by atoms with Crippen molar-refractivity contribution in [2.45, 2.75) is 39.7 Å². The first kappa shape index (κ1) is 14.4. The second kappa shape index (κ2) is 5.94. The number of amides is 1. The molecule has 1 amide bonds. The molecule has 2 rings (SSSR count). The second-order valence-electron chi connectivity index (χ2n) is 5.10. The molecular formula is C15H21N3O2. The Morgan fingerprint density at radius 1 is 1.50 bits per heavy atom. The van der Waals surface area contributed by atoms with E-state index in [1.54, 1.807) is 10.9 Å². The van der Waals surface area contributed by atoms with Gasteiger partial charge >= 0.3 is 0 Å². The van der Waals surface area contributed by atoms with E-state index < -0.39 is 0 Å². The van der Waals surface area contributed by atoms with Crippen molar-refractivity contribution in [2.24, 2.45) is 7.05 Å². The highest BCUT2D eigenvalue weighted by molar-refractivity contribution is 5.96. The van der Waals surface area contributed by atoms with Crippen LogP contribution in [-0.4, -0.2) is 15.7 Å². The van der Waals surface area contributed by atoms with E-state index >= 15 is 0 Å². The van der Waals surface area contributed by atoms with Crippen molar-refractivity contribution in [2.75, 3.05) is 0 Å². The first-order chi connectivity index (χ1) is 9.54. The Labute approximate surface area is 119 Å². The molecule has 2 aromatic heterocycles. The minimum Gasteiger partial charge on any atom is -0.467 e. The molecule has 0 spiro atoms. The zero-order valence-electron chi connectivity index (χ0n) is 12.4. The Kier molecular flexibility index (Phi) is 4.27. The van der Waals surface area contributed by atoms with E-state index in [2.05, 4.69) is 10.4 Å². The molecule has 0 radical (unpaired) electrons. The highest BCUT2D eigenvalue weighted by Gasteiger charge is 2.23.